The Morgan fingerprint density at radius 3 is 2.88 bits per heavy atom. The lowest BCUT2D eigenvalue weighted by Gasteiger charge is -2.18. The number of hydrogen-bond acceptors (Lipinski definition) is 8. The molecule has 3 heterocycles. The summed E-state index contributed by atoms with van der Waals surface area (Å²) in [6, 6.07) is 8.46. The lowest BCUT2D eigenvalue weighted by molar-refractivity contribution is 0.0429. The minimum Gasteiger partial charge on any atom is -0.486 e. The zero-order chi connectivity index (χ0) is 17.1. The Hall–Kier alpha value is -3.42. The van der Waals surface area contributed by atoms with Gasteiger partial charge in [0.15, 0.2) is 18.1 Å². The SMILES string of the molecule is O=C(OCc1nc(-c2cccnc2)no1)c1ccc2c(c1)OCCO2. The molecule has 0 saturated carbocycles. The Kier molecular flexibility index (Phi) is 3.99. The Labute approximate surface area is 142 Å². The molecule has 1 aliphatic heterocycles. The summed E-state index contributed by atoms with van der Waals surface area (Å²) < 4.78 is 21.2. The molecule has 1 aromatic carbocycles. The Morgan fingerprint density at radius 2 is 2.04 bits per heavy atom. The number of rotatable bonds is 4. The van der Waals surface area contributed by atoms with Gasteiger partial charge in [0.2, 0.25) is 5.82 Å². The minimum atomic E-state index is -0.516. The summed E-state index contributed by atoms with van der Waals surface area (Å²) in [6.07, 6.45) is 3.27. The van der Waals surface area contributed by atoms with Crippen LogP contribution in [0.3, 0.4) is 0 Å². The first-order valence-electron chi connectivity index (χ1n) is 7.59. The summed E-state index contributed by atoms with van der Waals surface area (Å²) in [5, 5.41) is 3.84. The van der Waals surface area contributed by atoms with Gasteiger partial charge in [0.1, 0.15) is 13.2 Å². The molecule has 4 rings (SSSR count). The summed E-state index contributed by atoms with van der Waals surface area (Å²) in [5.41, 5.74) is 1.08. The van der Waals surface area contributed by atoms with E-state index in [4.69, 9.17) is 18.7 Å². The molecule has 8 heteroatoms. The second kappa shape index (κ2) is 6.60. The minimum absolute atomic E-state index is 0.124. The van der Waals surface area contributed by atoms with E-state index < -0.39 is 5.97 Å². The van der Waals surface area contributed by atoms with E-state index in [0.717, 1.165) is 5.56 Å². The lowest BCUT2D eigenvalue weighted by atomic mass is 10.2. The lowest BCUT2D eigenvalue weighted by Crippen LogP contribution is -2.16. The van der Waals surface area contributed by atoms with Crippen molar-refractivity contribution in [3.05, 3.63) is 54.2 Å². The van der Waals surface area contributed by atoms with Crippen LogP contribution in [0, 0.1) is 0 Å². The van der Waals surface area contributed by atoms with Gasteiger partial charge in [-0.25, -0.2) is 4.79 Å². The summed E-state index contributed by atoms with van der Waals surface area (Å²) in [7, 11) is 0. The number of esters is 1. The number of pyridine rings is 1. The molecule has 0 saturated heterocycles. The van der Waals surface area contributed by atoms with Gasteiger partial charge in [0.05, 0.1) is 5.56 Å². The van der Waals surface area contributed by atoms with Gasteiger partial charge in [-0.1, -0.05) is 5.16 Å². The van der Waals surface area contributed by atoms with Crippen LogP contribution in [0.5, 0.6) is 11.5 Å². The fraction of sp³-hybridized carbons (Fsp3) is 0.176. The normalized spacial score (nSPS) is 12.6. The second-order valence-electron chi connectivity index (χ2n) is 5.19. The van der Waals surface area contributed by atoms with Crippen LogP contribution in [0.15, 0.2) is 47.2 Å². The van der Waals surface area contributed by atoms with Crippen LogP contribution in [-0.2, 0) is 11.3 Å². The number of carbonyl (C=O) groups excluding carboxylic acids is 1. The molecule has 0 radical (unpaired) electrons. The van der Waals surface area contributed by atoms with Crippen LogP contribution in [0.4, 0.5) is 0 Å². The molecule has 0 unspecified atom stereocenters. The van der Waals surface area contributed by atoms with Crippen LogP contribution in [-0.4, -0.2) is 34.3 Å². The van der Waals surface area contributed by atoms with Crippen molar-refractivity contribution in [2.75, 3.05) is 13.2 Å². The topological polar surface area (TPSA) is 96.6 Å². The first kappa shape index (κ1) is 15.1. The molecule has 0 N–H and O–H groups in total. The third-order valence-electron chi connectivity index (χ3n) is 3.49. The molecular weight excluding hydrogens is 326 g/mol. The largest absolute Gasteiger partial charge is 0.486 e. The van der Waals surface area contributed by atoms with E-state index in [2.05, 4.69) is 15.1 Å². The molecule has 0 bridgehead atoms. The van der Waals surface area contributed by atoms with Gasteiger partial charge >= 0.3 is 5.97 Å². The van der Waals surface area contributed by atoms with Gasteiger partial charge in [-0.3, -0.25) is 4.98 Å². The highest BCUT2D eigenvalue weighted by Gasteiger charge is 2.17. The highest BCUT2D eigenvalue weighted by Crippen LogP contribution is 2.31. The van der Waals surface area contributed by atoms with E-state index in [1.54, 1.807) is 36.7 Å². The summed E-state index contributed by atoms with van der Waals surface area (Å²) in [6.45, 7) is 0.818. The summed E-state index contributed by atoms with van der Waals surface area (Å²) in [5.74, 6) is 1.21. The van der Waals surface area contributed by atoms with Crippen molar-refractivity contribution in [3.8, 4) is 22.9 Å². The molecule has 126 valence electrons. The number of hydrogen-bond donors (Lipinski definition) is 0. The maximum absolute atomic E-state index is 12.2. The standard InChI is InChI=1S/C17H13N3O5/c21-17(11-3-4-13-14(8-11)23-7-6-22-13)24-10-15-19-16(20-25-15)12-2-1-5-18-9-12/h1-5,8-9H,6-7,10H2. The van der Waals surface area contributed by atoms with Crippen LogP contribution < -0.4 is 9.47 Å². The predicted molar refractivity (Wildman–Crippen MR) is 84.1 cm³/mol. The van der Waals surface area contributed by atoms with Gasteiger partial charge < -0.3 is 18.7 Å². The van der Waals surface area contributed by atoms with Gasteiger partial charge in [0.25, 0.3) is 5.89 Å². The molecule has 3 aromatic rings. The molecule has 0 atom stereocenters. The molecule has 0 spiro atoms. The fourth-order valence-electron chi connectivity index (χ4n) is 2.31. The maximum Gasteiger partial charge on any atom is 0.338 e. The molecule has 8 nitrogen and oxygen atoms in total. The molecule has 0 aliphatic carbocycles. The number of fused-ring (bicyclic) bond motifs is 1. The monoisotopic (exact) mass is 339 g/mol. The predicted octanol–water partition coefficient (Wildman–Crippen LogP) is 2.26. The van der Waals surface area contributed by atoms with Crippen molar-refractivity contribution in [1.82, 2.24) is 15.1 Å². The first-order valence-corrected chi connectivity index (χ1v) is 7.59. The Morgan fingerprint density at radius 1 is 1.16 bits per heavy atom. The van der Waals surface area contributed by atoms with E-state index in [1.807, 2.05) is 6.07 Å². The molecular formula is C17H13N3O5. The van der Waals surface area contributed by atoms with Crippen molar-refractivity contribution in [3.63, 3.8) is 0 Å². The molecule has 1 aliphatic rings. The molecule has 2 aromatic heterocycles. The van der Waals surface area contributed by atoms with E-state index >= 15 is 0 Å². The average Bonchev–Trinajstić information content (AvgIpc) is 3.15. The Bertz CT molecular complexity index is 894. The molecule has 0 fully saturated rings. The van der Waals surface area contributed by atoms with E-state index in [0.29, 0.717) is 36.1 Å². The Balaban J connectivity index is 1.41. The first-order chi connectivity index (χ1) is 12.3. The fourth-order valence-corrected chi connectivity index (χ4v) is 2.31. The number of carbonyl (C=O) groups is 1. The number of nitrogens with zero attached hydrogens (tertiary/aromatic N) is 3. The van der Waals surface area contributed by atoms with Crippen LogP contribution >= 0.6 is 0 Å². The third kappa shape index (κ3) is 3.27. The average molecular weight is 339 g/mol. The van der Waals surface area contributed by atoms with Gasteiger partial charge in [-0.2, -0.15) is 4.98 Å². The number of ether oxygens (including phenoxy) is 3. The smallest absolute Gasteiger partial charge is 0.338 e. The van der Waals surface area contributed by atoms with Crippen LogP contribution in [0.2, 0.25) is 0 Å². The third-order valence-corrected chi connectivity index (χ3v) is 3.49. The highest BCUT2D eigenvalue weighted by atomic mass is 16.6. The van der Waals surface area contributed by atoms with Gasteiger partial charge in [-0.05, 0) is 30.3 Å². The number of aromatic nitrogens is 3. The second-order valence-corrected chi connectivity index (χ2v) is 5.19. The highest BCUT2D eigenvalue weighted by molar-refractivity contribution is 5.90. The summed E-state index contributed by atoms with van der Waals surface area (Å²) >= 11 is 0. The van der Waals surface area contributed by atoms with Crippen molar-refractivity contribution in [2.45, 2.75) is 6.61 Å². The summed E-state index contributed by atoms with van der Waals surface area (Å²) in [4.78, 5) is 20.3. The van der Waals surface area contributed by atoms with E-state index in [1.165, 1.54) is 0 Å². The molecule has 0 amide bonds. The molecule has 25 heavy (non-hydrogen) atoms. The zero-order valence-electron chi connectivity index (χ0n) is 13.0. The van der Waals surface area contributed by atoms with Crippen LogP contribution in [0.1, 0.15) is 16.2 Å². The zero-order valence-corrected chi connectivity index (χ0v) is 13.0. The van der Waals surface area contributed by atoms with E-state index in [9.17, 15) is 4.79 Å². The van der Waals surface area contributed by atoms with Crippen molar-refractivity contribution >= 4 is 5.97 Å². The maximum atomic E-state index is 12.2. The number of benzene rings is 1. The van der Waals surface area contributed by atoms with Crippen LogP contribution in [0.25, 0.3) is 11.4 Å². The quantitative estimate of drug-likeness (QED) is 0.668. The van der Waals surface area contributed by atoms with E-state index in [-0.39, 0.29) is 12.5 Å². The van der Waals surface area contributed by atoms with Gasteiger partial charge in [0, 0.05) is 18.0 Å². The van der Waals surface area contributed by atoms with Crippen molar-refractivity contribution in [1.29, 1.82) is 0 Å². The van der Waals surface area contributed by atoms with Gasteiger partial charge in [-0.15, -0.1) is 0 Å². The van der Waals surface area contributed by atoms with Crippen molar-refractivity contribution in [2.24, 2.45) is 0 Å². The van der Waals surface area contributed by atoms with Crippen molar-refractivity contribution < 1.29 is 23.5 Å².